The van der Waals surface area contributed by atoms with Crippen molar-refractivity contribution in [2.45, 2.75) is 18.7 Å². The van der Waals surface area contributed by atoms with E-state index in [1.54, 1.807) is 49.4 Å². The van der Waals surface area contributed by atoms with Gasteiger partial charge in [0.2, 0.25) is 10.0 Å². The van der Waals surface area contributed by atoms with Gasteiger partial charge in [-0.25, -0.2) is 21.5 Å². The number of non-ortho nitro benzene ring substituents is 1. The Kier molecular flexibility index (Phi) is 15.1. The molecule has 290 valence electrons. The van der Waals surface area contributed by atoms with E-state index in [1.165, 1.54) is 41.9 Å². The summed E-state index contributed by atoms with van der Waals surface area (Å²) in [5.74, 6) is -1.13. The number of sulfone groups is 1. The van der Waals surface area contributed by atoms with Crippen molar-refractivity contribution in [1.82, 2.24) is 9.78 Å². The topological polar surface area (TPSA) is 276 Å². The number of sulfonamides is 1. The molecule has 18 nitrogen and oxygen atoms in total. The molecule has 22 heteroatoms. The molecule has 0 amide bonds. The molecule has 0 bridgehead atoms. The third-order valence-electron chi connectivity index (χ3n) is 7.76. The number of para-hydroxylation sites is 1. The molecule has 0 aliphatic carbocycles. The smallest absolute Gasteiger partial charge is 0.871 e. The molecule has 1 aromatic heterocycles. The molecule has 0 saturated heterocycles. The van der Waals surface area contributed by atoms with Crippen molar-refractivity contribution in [2.75, 3.05) is 16.7 Å². The summed E-state index contributed by atoms with van der Waals surface area (Å²) in [6.45, 7) is 3.14. The van der Waals surface area contributed by atoms with Crippen LogP contribution < -0.4 is 39.4 Å². The van der Waals surface area contributed by atoms with E-state index in [2.05, 4.69) is 30.3 Å². The van der Waals surface area contributed by atoms with Gasteiger partial charge < -0.3 is 15.3 Å². The molecular weight excluding hydrogens is 816 g/mol. The predicted molar refractivity (Wildman–Crippen MR) is 200 cm³/mol. The van der Waals surface area contributed by atoms with Crippen LogP contribution in [-0.4, -0.2) is 53.8 Å². The van der Waals surface area contributed by atoms with Crippen molar-refractivity contribution < 1.29 is 78.4 Å². The summed E-state index contributed by atoms with van der Waals surface area (Å²) in [4.78, 5) is 22.6. The molecule has 6 aromatic rings. The number of aromatic hydroxyl groups is 2. The number of hydrogen-bond acceptors (Lipinski definition) is 13. The maximum atomic E-state index is 12.5. The Labute approximate surface area is 348 Å². The number of hydrogen-bond donors (Lipinski definition) is 5. The first-order valence-electron chi connectivity index (χ1n) is 16.0. The van der Waals surface area contributed by atoms with Crippen molar-refractivity contribution in [1.29, 1.82) is 0 Å². The molecule has 0 saturated carbocycles. The standard InChI is InChI=1S/C19H19N3O6S2.C16H13N5O4.Cr.Li/c1-3-30(27,28)13-8-10-16(23)15(11-13)20-21-19-17(24)9-7-12-5-4-6-14(18(12)19)22-29(2,25)26;1-10-15(16(23)20(19-10)11-5-3-2-4-6-11)18-17-13-9-12(21(24)25)7-8-14(13)22;;/h4-11,22-24H,3H2,1-2H3;2-9,19,22H,1H3;;/q;;;+1. The van der Waals surface area contributed by atoms with Crippen molar-refractivity contribution in [3.05, 3.63) is 123 Å². The van der Waals surface area contributed by atoms with Gasteiger partial charge in [-0.2, -0.15) is 5.11 Å². The third-order valence-corrected chi connectivity index (χ3v) is 10.1. The monoisotopic (exact) mass is 847 g/mol. The van der Waals surface area contributed by atoms with Gasteiger partial charge in [-0.1, -0.05) is 60.3 Å². The number of benzene rings is 5. The zero-order valence-corrected chi connectivity index (χ0v) is 33.5. The van der Waals surface area contributed by atoms with Gasteiger partial charge >= 0.3 is 18.9 Å². The van der Waals surface area contributed by atoms with E-state index in [-0.39, 0.29) is 92.5 Å². The van der Waals surface area contributed by atoms with Crippen LogP contribution in [-0.2, 0) is 37.2 Å². The number of fused-ring (bicyclic) bond motifs is 1. The molecule has 6 rings (SSSR count). The number of azo groups is 2. The van der Waals surface area contributed by atoms with Crippen LogP contribution in [0, 0.1) is 17.0 Å². The van der Waals surface area contributed by atoms with Crippen molar-refractivity contribution in [2.24, 2.45) is 15.3 Å². The Morgan fingerprint density at radius 2 is 1.58 bits per heavy atom. The second-order valence-electron chi connectivity index (χ2n) is 11.7. The van der Waals surface area contributed by atoms with Gasteiger partial charge in [0.15, 0.2) is 27.0 Å². The number of nitrogens with one attached hydrogen (secondary N) is 3. The number of H-pyrrole nitrogens is 1. The first kappa shape index (κ1) is 45.6. The summed E-state index contributed by atoms with van der Waals surface area (Å²) in [6.07, 6.45) is 1.00. The average molecular weight is 848 g/mol. The van der Waals surface area contributed by atoms with E-state index in [1.807, 2.05) is 6.07 Å². The van der Waals surface area contributed by atoms with Crippen LogP contribution in [0.3, 0.4) is 0 Å². The number of phenolic OH excluding ortho intramolecular Hbond substituents is 2. The minimum absolute atomic E-state index is 0. The van der Waals surface area contributed by atoms with Gasteiger partial charge in [0.05, 0.1) is 50.0 Å². The van der Waals surface area contributed by atoms with E-state index in [4.69, 9.17) is 0 Å². The van der Waals surface area contributed by atoms with Gasteiger partial charge in [0, 0.05) is 34.6 Å². The Bertz CT molecular complexity index is 2780. The number of nitrogens with zero attached hydrogens (tertiary/aromatic N) is 5. The summed E-state index contributed by atoms with van der Waals surface area (Å²) >= 11 is 0. The number of aromatic nitrogens is 2. The van der Waals surface area contributed by atoms with Crippen LogP contribution in [0.1, 0.15) is 12.6 Å². The fraction of sp³-hybridized carbons (Fsp3) is 0.114. The third kappa shape index (κ3) is 11.0. The molecule has 0 unspecified atom stereocenters. The van der Waals surface area contributed by atoms with Crippen molar-refractivity contribution >= 4 is 64.8 Å². The Morgan fingerprint density at radius 1 is 0.895 bits per heavy atom. The summed E-state index contributed by atoms with van der Waals surface area (Å²) in [5, 5.41) is 61.0. The van der Waals surface area contributed by atoms with Crippen LogP contribution in [0.25, 0.3) is 16.5 Å². The summed E-state index contributed by atoms with van der Waals surface area (Å²) in [5.41, 5.74) is 0.418. The van der Waals surface area contributed by atoms with Gasteiger partial charge in [-0.3, -0.25) is 24.7 Å². The second-order valence-corrected chi connectivity index (χ2v) is 15.7. The molecular formula is C35H32CrLiN8O10S2+. The number of nitro benzene ring substituents is 1. The normalized spacial score (nSPS) is 11.4. The quantitative estimate of drug-likeness (QED) is 0.0438. The molecule has 5 N–H and O–H groups in total. The number of anilines is 1. The Hall–Kier alpha value is -5.80. The van der Waals surface area contributed by atoms with E-state index >= 15 is 0 Å². The first-order chi connectivity index (χ1) is 26.0. The zero-order chi connectivity index (χ0) is 40.1. The van der Waals surface area contributed by atoms with Crippen LogP contribution in [0.4, 0.5) is 34.1 Å². The maximum Gasteiger partial charge on any atom is 1.00 e. The van der Waals surface area contributed by atoms with Crippen molar-refractivity contribution in [3.8, 4) is 22.9 Å². The van der Waals surface area contributed by atoms with Gasteiger partial charge in [0.25, 0.3) is 16.9 Å². The largest absolute Gasteiger partial charge is 1.00 e. The fourth-order valence-electron chi connectivity index (χ4n) is 5.05. The molecule has 5 aromatic carbocycles. The van der Waals surface area contributed by atoms with Gasteiger partial charge in [-0.05, 0) is 54.8 Å². The van der Waals surface area contributed by atoms with Gasteiger partial charge in [0.1, 0.15) is 5.75 Å². The predicted octanol–water partition coefficient (Wildman–Crippen LogP) is 1.78. The number of aromatic amines is 1. The van der Waals surface area contributed by atoms with E-state index in [9.17, 15) is 47.1 Å². The molecule has 1 heterocycles. The SMILES string of the molecule is CCS(=O)(=O)c1ccc(O)c(N=[NH+]c2c(O)ccc3cccc(NS(C)(=O)=O)c23)c1.Cc1[nH]n(-c2ccccc2)c(=O)c1N=Nc1cc([N+](=O)[O-])ccc1[O-].[Cr].[Li+]. The number of nitro groups is 1. The molecule has 0 fully saturated rings. The molecule has 0 spiro atoms. The van der Waals surface area contributed by atoms with Crippen LogP contribution >= 0.6 is 0 Å². The molecule has 0 aliphatic rings. The van der Waals surface area contributed by atoms with E-state index in [0.29, 0.717) is 22.2 Å². The van der Waals surface area contributed by atoms with Crippen LogP contribution in [0.5, 0.6) is 17.2 Å². The maximum absolute atomic E-state index is 12.5. The van der Waals surface area contributed by atoms with E-state index in [0.717, 1.165) is 24.5 Å². The first-order valence-corrected chi connectivity index (χ1v) is 19.5. The fourth-order valence-corrected chi connectivity index (χ4v) is 6.52. The minimum atomic E-state index is -3.59. The van der Waals surface area contributed by atoms with Gasteiger partial charge in [-0.15, -0.1) is 5.11 Å². The number of phenols is 2. The van der Waals surface area contributed by atoms with Crippen molar-refractivity contribution in [3.63, 3.8) is 0 Å². The summed E-state index contributed by atoms with van der Waals surface area (Å²) in [6, 6.07) is 23.6. The molecule has 0 radical (unpaired) electrons. The Morgan fingerprint density at radius 3 is 2.23 bits per heavy atom. The summed E-state index contributed by atoms with van der Waals surface area (Å²) < 4.78 is 51.3. The number of aryl methyl sites for hydroxylation is 1. The average Bonchev–Trinajstić information content (AvgIpc) is 3.43. The zero-order valence-electron chi connectivity index (χ0n) is 30.6. The summed E-state index contributed by atoms with van der Waals surface area (Å²) in [7, 11) is -7.11. The number of rotatable bonds is 10. The molecule has 57 heavy (non-hydrogen) atoms. The molecule has 0 aliphatic heterocycles. The molecule has 0 atom stereocenters. The minimum Gasteiger partial charge on any atom is -0.871 e. The van der Waals surface area contributed by atoms with Crippen LogP contribution in [0.2, 0.25) is 0 Å². The second kappa shape index (κ2) is 18.9. The Balaban J connectivity index is 0.000000299. The van der Waals surface area contributed by atoms with Crippen LogP contribution in [0.15, 0.2) is 122 Å². The van der Waals surface area contributed by atoms with E-state index < -0.39 is 36.1 Å².